The lowest BCUT2D eigenvalue weighted by Gasteiger charge is -2.20. The van der Waals surface area contributed by atoms with Crippen molar-refractivity contribution >= 4 is 24.0 Å². The number of hydrogen-bond acceptors (Lipinski definition) is 8. The van der Waals surface area contributed by atoms with Crippen molar-refractivity contribution in [1.29, 1.82) is 0 Å². The van der Waals surface area contributed by atoms with Crippen LogP contribution in [-0.2, 0) is 9.47 Å². The van der Waals surface area contributed by atoms with Crippen molar-refractivity contribution in [3.05, 3.63) is 47.4 Å². The van der Waals surface area contributed by atoms with Crippen LogP contribution in [0.25, 0.3) is 17.3 Å². The number of ether oxygens (including phenoxy) is 2. The predicted molar refractivity (Wildman–Crippen MR) is 139 cm³/mol. The van der Waals surface area contributed by atoms with Crippen LogP contribution in [0.1, 0.15) is 57.2 Å². The van der Waals surface area contributed by atoms with Crippen molar-refractivity contribution < 1.29 is 24.1 Å². The van der Waals surface area contributed by atoms with Crippen molar-refractivity contribution in [2.45, 2.75) is 70.6 Å². The minimum absolute atomic E-state index is 0.0597. The highest BCUT2D eigenvalue weighted by Crippen LogP contribution is 2.32. The molecule has 0 radical (unpaired) electrons. The van der Waals surface area contributed by atoms with Crippen LogP contribution in [0.5, 0.6) is 0 Å². The molecule has 7 nitrogen and oxygen atoms in total. The fraction of sp³-hybridized carbons (Fsp3) is 0.538. The van der Waals surface area contributed by atoms with Crippen LogP contribution in [-0.4, -0.2) is 64.7 Å². The molecule has 0 saturated carbocycles. The molecule has 1 aliphatic heterocycles. The molecule has 1 aromatic carbocycles. The molecule has 1 saturated heterocycles. The molecular weight excluding hydrogens is 469 g/mol. The normalized spacial score (nSPS) is 20.0. The summed E-state index contributed by atoms with van der Waals surface area (Å²) >= 11 is 1.49. The number of aliphatic hydroxyl groups excluding tert-OH is 2. The minimum Gasteiger partial charge on any atom is -0.393 e. The van der Waals surface area contributed by atoms with Crippen molar-refractivity contribution in [3.8, 4) is 11.3 Å². The number of hydrogen-bond donors (Lipinski definition) is 2. The molecule has 2 aromatic rings. The standard InChI is InChI=1S/C26H36FN3O4S/c1-6-21-15-33-23(34-21)14-20(32)13-19(31)11-12-22-24(16(2)3)28-26(30(4)35-5)29-25(22)17-7-9-18(27)10-8-17/h7-12,16,19-21,23,31-32H,6,13-15H2,1-5H3/b12-11+. The van der Waals surface area contributed by atoms with Crippen molar-refractivity contribution in [1.82, 2.24) is 9.97 Å². The number of anilines is 1. The van der Waals surface area contributed by atoms with Gasteiger partial charge in [-0.15, -0.1) is 0 Å². The molecular formula is C26H36FN3O4S. The Morgan fingerprint density at radius 2 is 1.94 bits per heavy atom. The molecule has 9 heteroatoms. The van der Waals surface area contributed by atoms with Crippen molar-refractivity contribution in [2.75, 3.05) is 24.2 Å². The number of benzene rings is 1. The second-order valence-electron chi connectivity index (χ2n) is 8.99. The highest BCUT2D eigenvalue weighted by atomic mass is 32.2. The van der Waals surface area contributed by atoms with Gasteiger partial charge >= 0.3 is 0 Å². The topological polar surface area (TPSA) is 87.9 Å². The zero-order valence-corrected chi connectivity index (χ0v) is 21.8. The maximum absolute atomic E-state index is 13.6. The van der Waals surface area contributed by atoms with Gasteiger partial charge in [0.25, 0.3) is 0 Å². The SMILES string of the molecule is CCC1COC(CC(O)CC(O)/C=C/c2c(-c3ccc(F)cc3)nc(N(C)SC)nc2C(C)C)O1. The molecule has 1 fully saturated rings. The summed E-state index contributed by atoms with van der Waals surface area (Å²) in [7, 11) is 1.89. The molecule has 35 heavy (non-hydrogen) atoms. The molecule has 4 unspecified atom stereocenters. The van der Waals surface area contributed by atoms with Gasteiger partial charge in [0.1, 0.15) is 5.82 Å². The van der Waals surface area contributed by atoms with E-state index in [1.54, 1.807) is 24.3 Å². The number of aromatic nitrogens is 2. The average Bonchev–Trinajstić information content (AvgIpc) is 3.29. The first-order valence-corrected chi connectivity index (χ1v) is 13.2. The van der Waals surface area contributed by atoms with E-state index in [-0.39, 0.29) is 24.3 Å². The van der Waals surface area contributed by atoms with Gasteiger partial charge in [0, 0.05) is 37.3 Å². The van der Waals surface area contributed by atoms with Crippen LogP contribution >= 0.6 is 11.9 Å². The lowest BCUT2D eigenvalue weighted by Crippen LogP contribution is -2.23. The van der Waals surface area contributed by atoms with Gasteiger partial charge in [0.15, 0.2) is 6.29 Å². The average molecular weight is 506 g/mol. The number of halogens is 1. The molecule has 0 bridgehead atoms. The Morgan fingerprint density at radius 3 is 2.54 bits per heavy atom. The first-order valence-electron chi connectivity index (χ1n) is 12.0. The van der Waals surface area contributed by atoms with Crippen LogP contribution in [0.15, 0.2) is 30.3 Å². The van der Waals surface area contributed by atoms with Gasteiger partial charge < -0.3 is 19.7 Å². The summed E-state index contributed by atoms with van der Waals surface area (Å²) in [6.45, 7) is 6.65. The molecule has 0 amide bonds. The summed E-state index contributed by atoms with van der Waals surface area (Å²) in [5, 5.41) is 21.1. The van der Waals surface area contributed by atoms with E-state index < -0.39 is 18.5 Å². The van der Waals surface area contributed by atoms with Gasteiger partial charge in [-0.25, -0.2) is 14.4 Å². The van der Waals surface area contributed by atoms with Crippen LogP contribution in [0.4, 0.5) is 10.3 Å². The third kappa shape index (κ3) is 7.47. The van der Waals surface area contributed by atoms with E-state index in [1.807, 2.05) is 38.4 Å². The molecule has 0 spiro atoms. The highest BCUT2D eigenvalue weighted by molar-refractivity contribution is 7.99. The van der Waals surface area contributed by atoms with E-state index in [0.717, 1.165) is 23.2 Å². The molecule has 1 aromatic heterocycles. The molecule has 4 atom stereocenters. The third-order valence-corrected chi connectivity index (χ3v) is 6.63. The molecule has 192 valence electrons. The Balaban J connectivity index is 1.85. The van der Waals surface area contributed by atoms with Gasteiger partial charge in [0.05, 0.1) is 36.3 Å². The Hall–Kier alpha value is -2.04. The van der Waals surface area contributed by atoms with Crippen molar-refractivity contribution in [3.63, 3.8) is 0 Å². The van der Waals surface area contributed by atoms with Crippen LogP contribution < -0.4 is 4.31 Å². The van der Waals surface area contributed by atoms with Gasteiger partial charge in [0.2, 0.25) is 5.95 Å². The van der Waals surface area contributed by atoms with Crippen LogP contribution in [0, 0.1) is 5.82 Å². The summed E-state index contributed by atoms with van der Waals surface area (Å²) in [5.41, 5.74) is 2.98. The fourth-order valence-corrected chi connectivity index (χ4v) is 4.10. The van der Waals surface area contributed by atoms with Crippen molar-refractivity contribution in [2.24, 2.45) is 0 Å². The molecule has 1 aliphatic rings. The monoisotopic (exact) mass is 505 g/mol. The third-order valence-electron chi connectivity index (χ3n) is 5.91. The number of nitrogens with zero attached hydrogens (tertiary/aromatic N) is 3. The molecule has 3 rings (SSSR count). The lowest BCUT2D eigenvalue weighted by atomic mass is 9.97. The predicted octanol–water partition coefficient (Wildman–Crippen LogP) is 4.79. The van der Waals surface area contributed by atoms with E-state index in [0.29, 0.717) is 24.7 Å². The summed E-state index contributed by atoms with van der Waals surface area (Å²) in [4.78, 5) is 9.54. The quantitative estimate of drug-likeness (QED) is 0.422. The lowest BCUT2D eigenvalue weighted by molar-refractivity contribution is -0.0865. The Bertz CT molecular complexity index is 989. The van der Waals surface area contributed by atoms with E-state index in [1.165, 1.54) is 24.1 Å². The number of aliphatic hydroxyl groups is 2. The number of rotatable bonds is 11. The van der Waals surface area contributed by atoms with Gasteiger partial charge in [-0.2, -0.15) is 0 Å². The maximum Gasteiger partial charge on any atom is 0.236 e. The first kappa shape index (κ1) is 27.5. The van der Waals surface area contributed by atoms with E-state index in [9.17, 15) is 14.6 Å². The van der Waals surface area contributed by atoms with E-state index in [2.05, 4.69) is 0 Å². The van der Waals surface area contributed by atoms with E-state index >= 15 is 0 Å². The first-order chi connectivity index (χ1) is 16.7. The van der Waals surface area contributed by atoms with Crippen LogP contribution in [0.2, 0.25) is 0 Å². The molecule has 2 heterocycles. The second kappa shape index (κ2) is 12.8. The summed E-state index contributed by atoms with van der Waals surface area (Å²) in [5.74, 6) is 0.308. The fourth-order valence-electron chi connectivity index (χ4n) is 3.86. The summed E-state index contributed by atoms with van der Waals surface area (Å²) in [6, 6.07) is 6.18. The summed E-state index contributed by atoms with van der Waals surface area (Å²) < 4.78 is 26.7. The minimum atomic E-state index is -0.886. The zero-order valence-electron chi connectivity index (χ0n) is 21.0. The van der Waals surface area contributed by atoms with Crippen LogP contribution in [0.3, 0.4) is 0 Å². The largest absolute Gasteiger partial charge is 0.393 e. The smallest absolute Gasteiger partial charge is 0.236 e. The Kier molecular flexibility index (Phi) is 10.1. The van der Waals surface area contributed by atoms with Gasteiger partial charge in [-0.1, -0.05) is 44.9 Å². The molecule has 0 aliphatic carbocycles. The van der Waals surface area contributed by atoms with E-state index in [4.69, 9.17) is 19.4 Å². The zero-order chi connectivity index (χ0) is 25.5. The second-order valence-corrected chi connectivity index (χ2v) is 9.91. The van der Waals surface area contributed by atoms with Gasteiger partial charge in [-0.05, 0) is 36.6 Å². The highest BCUT2D eigenvalue weighted by Gasteiger charge is 2.27. The summed E-state index contributed by atoms with van der Waals surface area (Å²) in [6.07, 6.45) is 4.64. The maximum atomic E-state index is 13.6. The van der Waals surface area contributed by atoms with Gasteiger partial charge in [-0.3, -0.25) is 4.31 Å². The Morgan fingerprint density at radius 1 is 1.23 bits per heavy atom. The molecule has 2 N–H and O–H groups in total. The Labute approximate surface area is 211 Å².